The molecule has 1 fully saturated rings. The van der Waals surface area contributed by atoms with Gasteiger partial charge in [-0.05, 0) is 30.5 Å². The van der Waals surface area contributed by atoms with Crippen LogP contribution in [0, 0.1) is 5.92 Å². The van der Waals surface area contributed by atoms with Gasteiger partial charge in [0, 0.05) is 0 Å². The molecule has 0 saturated carbocycles. The summed E-state index contributed by atoms with van der Waals surface area (Å²) in [4.78, 5) is 24.1. The summed E-state index contributed by atoms with van der Waals surface area (Å²) in [7, 11) is 0. The van der Waals surface area contributed by atoms with Crippen molar-refractivity contribution in [2.24, 2.45) is 5.92 Å². The number of carbonyl (C=O) groups excluding carboxylic acids is 2. The Morgan fingerprint density at radius 1 is 1.27 bits per heavy atom. The molecular weight excluding hydrogens is 351 g/mol. The van der Waals surface area contributed by atoms with Gasteiger partial charge in [-0.15, -0.1) is 13.2 Å². The predicted octanol–water partition coefficient (Wildman–Crippen LogP) is 2.22. The summed E-state index contributed by atoms with van der Waals surface area (Å²) < 4.78 is 40.6. The first-order valence-electron chi connectivity index (χ1n) is 8.26. The summed E-state index contributed by atoms with van der Waals surface area (Å²) in [5.41, 5.74) is 0.649. The standard InChI is InChI=1S/C17H22F3N3O3/c1-9(2)15(11-4-6-12(7-5-11)26-17(18,19)20)23-16(25)13-8-14(24)22-10(3)21-13/h4-7,9-10,13,15,21H,8H2,1-3H3,(H,22,24)(H,23,25)/t10?,13?,15-/m1/s1. The number of hydrogen-bond acceptors (Lipinski definition) is 4. The van der Waals surface area contributed by atoms with E-state index in [-0.39, 0.29) is 36.1 Å². The summed E-state index contributed by atoms with van der Waals surface area (Å²) in [6.07, 6.45) is -5.04. The lowest BCUT2D eigenvalue weighted by molar-refractivity contribution is -0.274. The first-order valence-corrected chi connectivity index (χ1v) is 8.26. The normalized spacial score (nSPS) is 21.9. The molecule has 3 atom stereocenters. The lowest BCUT2D eigenvalue weighted by atomic mass is 9.95. The van der Waals surface area contributed by atoms with Gasteiger partial charge >= 0.3 is 6.36 Å². The monoisotopic (exact) mass is 373 g/mol. The van der Waals surface area contributed by atoms with Gasteiger partial charge in [0.05, 0.1) is 24.7 Å². The van der Waals surface area contributed by atoms with Crippen LogP contribution in [-0.4, -0.2) is 30.4 Å². The molecule has 1 aliphatic rings. The molecular formula is C17H22F3N3O3. The summed E-state index contributed by atoms with van der Waals surface area (Å²) >= 11 is 0. The molecule has 1 aliphatic heterocycles. The van der Waals surface area contributed by atoms with E-state index in [0.717, 1.165) is 0 Å². The lowest BCUT2D eigenvalue weighted by Gasteiger charge is -2.31. The number of rotatable bonds is 5. The minimum Gasteiger partial charge on any atom is -0.406 e. The molecule has 144 valence electrons. The van der Waals surface area contributed by atoms with E-state index in [1.807, 2.05) is 13.8 Å². The molecule has 1 aromatic carbocycles. The van der Waals surface area contributed by atoms with E-state index in [4.69, 9.17) is 0 Å². The van der Waals surface area contributed by atoms with Gasteiger partial charge in [0.2, 0.25) is 11.8 Å². The molecule has 26 heavy (non-hydrogen) atoms. The van der Waals surface area contributed by atoms with Gasteiger partial charge in [-0.25, -0.2) is 0 Å². The Morgan fingerprint density at radius 3 is 2.38 bits per heavy atom. The van der Waals surface area contributed by atoms with E-state index in [9.17, 15) is 22.8 Å². The van der Waals surface area contributed by atoms with Gasteiger partial charge in [-0.2, -0.15) is 0 Å². The zero-order valence-electron chi connectivity index (χ0n) is 14.7. The van der Waals surface area contributed by atoms with Crippen molar-refractivity contribution in [1.29, 1.82) is 0 Å². The lowest BCUT2D eigenvalue weighted by Crippen LogP contribution is -2.59. The van der Waals surface area contributed by atoms with E-state index >= 15 is 0 Å². The molecule has 0 radical (unpaired) electrons. The fraction of sp³-hybridized carbons (Fsp3) is 0.529. The third kappa shape index (κ3) is 5.62. The maximum atomic E-state index is 12.5. The number of nitrogens with one attached hydrogen (secondary N) is 3. The van der Waals surface area contributed by atoms with Crippen LogP contribution in [0.5, 0.6) is 5.75 Å². The summed E-state index contributed by atoms with van der Waals surface area (Å²) in [5, 5.41) is 8.52. The van der Waals surface area contributed by atoms with Crippen molar-refractivity contribution in [2.45, 2.75) is 51.8 Å². The molecule has 2 rings (SSSR count). The quantitative estimate of drug-likeness (QED) is 0.740. The zero-order chi connectivity index (χ0) is 19.5. The molecule has 6 nitrogen and oxygen atoms in total. The van der Waals surface area contributed by atoms with Crippen molar-refractivity contribution in [1.82, 2.24) is 16.0 Å². The number of carbonyl (C=O) groups is 2. The number of benzene rings is 1. The molecule has 1 aromatic rings. The molecule has 0 bridgehead atoms. The Kier molecular flexibility index (Phi) is 6.12. The average molecular weight is 373 g/mol. The molecule has 1 saturated heterocycles. The Bertz CT molecular complexity index is 647. The SMILES string of the molecule is CC1NC(=O)CC(C(=O)N[C@@H](c2ccc(OC(F)(F)F)cc2)C(C)C)N1. The zero-order valence-corrected chi connectivity index (χ0v) is 14.7. The fourth-order valence-corrected chi connectivity index (χ4v) is 2.82. The largest absolute Gasteiger partial charge is 0.573 e. The second-order valence-corrected chi connectivity index (χ2v) is 6.56. The number of halogens is 3. The van der Waals surface area contributed by atoms with Crippen LogP contribution >= 0.6 is 0 Å². The number of amides is 2. The van der Waals surface area contributed by atoms with Crippen molar-refractivity contribution < 1.29 is 27.5 Å². The number of hydrogen-bond donors (Lipinski definition) is 3. The minimum absolute atomic E-state index is 0.0109. The molecule has 3 N–H and O–H groups in total. The Hall–Kier alpha value is -2.29. The van der Waals surface area contributed by atoms with Crippen LogP contribution in [0.1, 0.15) is 38.8 Å². The molecule has 0 aliphatic carbocycles. The van der Waals surface area contributed by atoms with Crippen molar-refractivity contribution in [3.05, 3.63) is 29.8 Å². The van der Waals surface area contributed by atoms with Gasteiger partial charge in [-0.1, -0.05) is 26.0 Å². The van der Waals surface area contributed by atoms with Gasteiger partial charge in [0.15, 0.2) is 0 Å². The van der Waals surface area contributed by atoms with Crippen molar-refractivity contribution in [3.63, 3.8) is 0 Å². The maximum Gasteiger partial charge on any atom is 0.573 e. The Balaban J connectivity index is 2.08. The molecule has 9 heteroatoms. The van der Waals surface area contributed by atoms with Crippen LogP contribution in [0.4, 0.5) is 13.2 Å². The number of alkyl halides is 3. The molecule has 1 heterocycles. The highest BCUT2D eigenvalue weighted by molar-refractivity contribution is 5.89. The number of ether oxygens (including phenoxy) is 1. The first kappa shape index (κ1) is 20.0. The average Bonchev–Trinajstić information content (AvgIpc) is 2.50. The predicted molar refractivity (Wildman–Crippen MR) is 88.0 cm³/mol. The van der Waals surface area contributed by atoms with E-state index in [0.29, 0.717) is 5.56 Å². The van der Waals surface area contributed by atoms with Gasteiger partial charge in [0.25, 0.3) is 0 Å². The highest BCUT2D eigenvalue weighted by atomic mass is 19.4. The maximum absolute atomic E-state index is 12.5. The van der Waals surface area contributed by atoms with Crippen LogP contribution in [0.3, 0.4) is 0 Å². The Labute approximate surface area is 149 Å². The van der Waals surface area contributed by atoms with Crippen LogP contribution in [0.15, 0.2) is 24.3 Å². The molecule has 0 aromatic heterocycles. The Morgan fingerprint density at radius 2 is 1.88 bits per heavy atom. The van der Waals surface area contributed by atoms with Crippen LogP contribution in [-0.2, 0) is 9.59 Å². The van der Waals surface area contributed by atoms with Gasteiger partial charge < -0.3 is 15.4 Å². The smallest absolute Gasteiger partial charge is 0.406 e. The summed E-state index contributed by atoms with van der Waals surface area (Å²) in [6, 6.07) is 4.31. The van der Waals surface area contributed by atoms with Crippen molar-refractivity contribution in [2.75, 3.05) is 0 Å². The van der Waals surface area contributed by atoms with Crippen molar-refractivity contribution >= 4 is 11.8 Å². The van der Waals surface area contributed by atoms with E-state index < -0.39 is 18.4 Å². The van der Waals surface area contributed by atoms with Crippen LogP contribution in [0.2, 0.25) is 0 Å². The van der Waals surface area contributed by atoms with Crippen molar-refractivity contribution in [3.8, 4) is 5.75 Å². The summed E-state index contributed by atoms with van der Waals surface area (Å²) in [5.74, 6) is -0.884. The first-order chi connectivity index (χ1) is 12.0. The van der Waals surface area contributed by atoms with E-state index in [2.05, 4.69) is 20.7 Å². The van der Waals surface area contributed by atoms with E-state index in [1.54, 1.807) is 6.92 Å². The molecule has 0 spiro atoms. The second kappa shape index (κ2) is 7.94. The van der Waals surface area contributed by atoms with Gasteiger partial charge in [-0.3, -0.25) is 14.9 Å². The molecule has 2 amide bonds. The van der Waals surface area contributed by atoms with Gasteiger partial charge in [0.1, 0.15) is 5.75 Å². The van der Waals surface area contributed by atoms with Crippen LogP contribution < -0.4 is 20.7 Å². The second-order valence-electron chi connectivity index (χ2n) is 6.56. The summed E-state index contributed by atoms with van der Waals surface area (Å²) in [6.45, 7) is 5.50. The fourth-order valence-electron chi connectivity index (χ4n) is 2.82. The highest BCUT2D eigenvalue weighted by Gasteiger charge is 2.32. The topological polar surface area (TPSA) is 79.5 Å². The van der Waals surface area contributed by atoms with Crippen LogP contribution in [0.25, 0.3) is 0 Å². The highest BCUT2D eigenvalue weighted by Crippen LogP contribution is 2.27. The van der Waals surface area contributed by atoms with E-state index in [1.165, 1.54) is 24.3 Å². The third-order valence-corrected chi connectivity index (χ3v) is 3.97. The minimum atomic E-state index is -4.75. The molecule has 2 unspecified atom stereocenters. The third-order valence-electron chi connectivity index (χ3n) is 3.97.